The van der Waals surface area contributed by atoms with Crippen molar-refractivity contribution >= 4 is 11.8 Å². The van der Waals surface area contributed by atoms with Gasteiger partial charge < -0.3 is 30.5 Å². The number of hydrogen-bond acceptors (Lipinski definition) is 7. The fourth-order valence-corrected chi connectivity index (χ4v) is 5.03. The van der Waals surface area contributed by atoms with E-state index in [9.17, 15) is 20.4 Å². The highest BCUT2D eigenvalue weighted by Gasteiger charge is 2.44. The van der Waals surface area contributed by atoms with Crippen LogP contribution in [-0.4, -0.2) is 69.1 Å². The summed E-state index contributed by atoms with van der Waals surface area (Å²) in [6, 6.07) is 14.7. The zero-order valence-electron chi connectivity index (χ0n) is 21.3. The quantitative estimate of drug-likeness (QED) is 0.300. The minimum Gasteiger partial charge on any atom is -0.394 e. The van der Waals surface area contributed by atoms with Crippen molar-refractivity contribution in [1.29, 1.82) is 0 Å². The van der Waals surface area contributed by atoms with E-state index in [-0.39, 0.29) is 12.1 Å². The van der Waals surface area contributed by atoms with Crippen LogP contribution in [0.15, 0.2) is 42.5 Å². The molecule has 2 aromatic rings. The number of hydrogen-bond donors (Lipinski definition) is 5. The number of ether oxygens (including phenoxy) is 1. The van der Waals surface area contributed by atoms with Crippen LogP contribution in [0.1, 0.15) is 60.6 Å². The Bertz CT molecular complexity index is 933. The van der Waals surface area contributed by atoms with E-state index < -0.39 is 29.9 Å². The van der Waals surface area contributed by atoms with Crippen LogP contribution in [-0.2, 0) is 17.6 Å². The second-order valence-electron chi connectivity index (χ2n) is 10.2. The summed E-state index contributed by atoms with van der Waals surface area (Å²) in [5, 5.41) is 43.7. The molecule has 0 spiro atoms. The van der Waals surface area contributed by atoms with E-state index in [1.54, 1.807) is 0 Å². The van der Waals surface area contributed by atoms with Gasteiger partial charge in [-0.2, -0.15) is 0 Å². The molecule has 0 amide bonds. The fraction of sp³-hybridized carbons (Fsp3) is 0.571. The van der Waals surface area contributed by atoms with E-state index in [2.05, 4.69) is 36.5 Å². The third-order valence-corrected chi connectivity index (χ3v) is 7.67. The maximum absolute atomic E-state index is 10.6. The lowest BCUT2D eigenvalue weighted by Crippen LogP contribution is -2.52. The molecular weight excluding hydrogens is 462 g/mol. The molecule has 3 rings (SSSR count). The molecule has 194 valence electrons. The van der Waals surface area contributed by atoms with E-state index >= 15 is 0 Å². The Labute approximate surface area is 213 Å². The van der Waals surface area contributed by atoms with Gasteiger partial charge in [-0.25, -0.2) is 0 Å². The molecule has 35 heavy (non-hydrogen) atoms. The zero-order valence-corrected chi connectivity index (χ0v) is 22.1. The topological polar surface area (TPSA) is 102 Å². The number of rotatable bonds is 11. The van der Waals surface area contributed by atoms with Crippen molar-refractivity contribution in [3.05, 3.63) is 70.3 Å². The standard InChI is InChI=1S/C28H41NO5S/c1-18-8-13-21(26-24(32)23(31)25(33)27(34-26)35-4)16-22(18)15-20-11-9-19(10-12-20)7-5-6-14-29-28(2,3)17-30/h8-13,16,23-27,29-33H,5-7,14-15,17H2,1-4H3/t23-,24-,25+,26+,27-/m1/s1. The SMILES string of the molecule is CS[C@H]1O[C@@H](c2ccc(C)c(Cc3ccc(CCCCNC(C)(C)CO)cc3)c2)[C@H](O)[C@@H](O)[C@@H]1O. The van der Waals surface area contributed by atoms with Crippen molar-refractivity contribution < 1.29 is 25.2 Å². The minimum atomic E-state index is -1.25. The lowest BCUT2D eigenvalue weighted by atomic mass is 9.91. The molecular formula is C28H41NO5S. The zero-order chi connectivity index (χ0) is 25.6. The summed E-state index contributed by atoms with van der Waals surface area (Å²) in [5.74, 6) is 0. The summed E-state index contributed by atoms with van der Waals surface area (Å²) >= 11 is 1.32. The number of aliphatic hydroxyl groups is 4. The van der Waals surface area contributed by atoms with Crippen LogP contribution < -0.4 is 5.32 Å². The van der Waals surface area contributed by atoms with Crippen molar-refractivity contribution in [2.75, 3.05) is 19.4 Å². The molecule has 7 heteroatoms. The minimum absolute atomic E-state index is 0.133. The molecule has 1 aliphatic rings. The van der Waals surface area contributed by atoms with Crippen molar-refractivity contribution in [2.45, 2.75) is 81.8 Å². The van der Waals surface area contributed by atoms with Gasteiger partial charge in [0, 0.05) is 5.54 Å². The van der Waals surface area contributed by atoms with Crippen molar-refractivity contribution in [1.82, 2.24) is 5.32 Å². The predicted octanol–water partition coefficient (Wildman–Crippen LogP) is 3.11. The number of benzene rings is 2. The largest absolute Gasteiger partial charge is 0.394 e. The molecule has 1 fully saturated rings. The molecule has 0 aliphatic carbocycles. The number of thioether (sulfide) groups is 1. The van der Waals surface area contributed by atoms with E-state index in [4.69, 9.17) is 4.74 Å². The fourth-order valence-electron chi connectivity index (χ4n) is 4.36. The second-order valence-corrected chi connectivity index (χ2v) is 11.2. The molecule has 1 aliphatic heterocycles. The molecule has 5 N–H and O–H groups in total. The van der Waals surface area contributed by atoms with Crippen LogP contribution >= 0.6 is 11.8 Å². The Hall–Kier alpha value is -1.45. The summed E-state index contributed by atoms with van der Waals surface area (Å²) in [5.41, 5.74) is 4.81. The van der Waals surface area contributed by atoms with Crippen LogP contribution in [0.5, 0.6) is 0 Å². The average Bonchev–Trinajstić information content (AvgIpc) is 2.85. The number of nitrogens with one attached hydrogen (secondary N) is 1. The molecule has 0 bridgehead atoms. The summed E-state index contributed by atoms with van der Waals surface area (Å²) in [7, 11) is 0. The van der Waals surface area contributed by atoms with Gasteiger partial charge in [-0.3, -0.25) is 0 Å². The Morgan fingerprint density at radius 1 is 0.943 bits per heavy atom. The maximum Gasteiger partial charge on any atom is 0.132 e. The summed E-state index contributed by atoms with van der Waals surface area (Å²) in [6.45, 7) is 7.11. The van der Waals surface area contributed by atoms with Gasteiger partial charge in [-0.05, 0) is 87.1 Å². The number of aliphatic hydroxyl groups excluding tert-OH is 4. The summed E-state index contributed by atoms with van der Waals surface area (Å²) in [6.07, 6.45) is 1.51. The van der Waals surface area contributed by atoms with Gasteiger partial charge in [0.05, 0.1) is 6.61 Å². The van der Waals surface area contributed by atoms with E-state index in [0.29, 0.717) is 0 Å². The highest BCUT2D eigenvalue weighted by molar-refractivity contribution is 7.99. The monoisotopic (exact) mass is 503 g/mol. The van der Waals surface area contributed by atoms with Crippen LogP contribution in [0.2, 0.25) is 0 Å². The summed E-state index contributed by atoms with van der Waals surface area (Å²) < 4.78 is 5.94. The first-order valence-electron chi connectivity index (χ1n) is 12.4. The van der Waals surface area contributed by atoms with Crippen LogP contribution in [0.4, 0.5) is 0 Å². The highest BCUT2D eigenvalue weighted by atomic mass is 32.2. The van der Waals surface area contributed by atoms with Crippen molar-refractivity contribution in [2.24, 2.45) is 0 Å². The van der Waals surface area contributed by atoms with Gasteiger partial charge in [0.15, 0.2) is 0 Å². The van der Waals surface area contributed by atoms with Gasteiger partial charge in [-0.1, -0.05) is 42.5 Å². The van der Waals surface area contributed by atoms with Crippen molar-refractivity contribution in [3.63, 3.8) is 0 Å². The third-order valence-electron chi connectivity index (χ3n) is 6.81. The molecule has 1 saturated heterocycles. The number of unbranched alkanes of at least 4 members (excludes halogenated alkanes) is 1. The smallest absolute Gasteiger partial charge is 0.132 e. The van der Waals surface area contributed by atoms with Crippen LogP contribution in [0.25, 0.3) is 0 Å². The van der Waals surface area contributed by atoms with Gasteiger partial charge >= 0.3 is 0 Å². The van der Waals surface area contributed by atoms with Gasteiger partial charge in [0.25, 0.3) is 0 Å². The molecule has 0 saturated carbocycles. The second kappa shape index (κ2) is 12.7. The van der Waals surface area contributed by atoms with E-state index in [0.717, 1.165) is 48.9 Å². The maximum atomic E-state index is 10.6. The lowest BCUT2D eigenvalue weighted by Gasteiger charge is -2.40. The predicted molar refractivity (Wildman–Crippen MR) is 142 cm³/mol. The van der Waals surface area contributed by atoms with Gasteiger partial charge in [0.1, 0.15) is 29.9 Å². The van der Waals surface area contributed by atoms with Gasteiger partial charge in [-0.15, -0.1) is 11.8 Å². The van der Waals surface area contributed by atoms with E-state index in [1.807, 2.05) is 38.3 Å². The van der Waals surface area contributed by atoms with Crippen LogP contribution in [0, 0.1) is 6.92 Å². The average molecular weight is 504 g/mol. The Morgan fingerprint density at radius 3 is 2.29 bits per heavy atom. The van der Waals surface area contributed by atoms with Crippen molar-refractivity contribution in [3.8, 4) is 0 Å². The molecule has 1 heterocycles. The first-order chi connectivity index (χ1) is 16.6. The lowest BCUT2D eigenvalue weighted by molar-refractivity contribution is -0.200. The molecule has 5 atom stereocenters. The molecule has 6 nitrogen and oxygen atoms in total. The van der Waals surface area contributed by atoms with Crippen LogP contribution in [0.3, 0.4) is 0 Å². The Morgan fingerprint density at radius 2 is 1.63 bits per heavy atom. The first-order valence-corrected chi connectivity index (χ1v) is 13.7. The van der Waals surface area contributed by atoms with E-state index in [1.165, 1.54) is 22.9 Å². The normalized spacial score (nSPS) is 25.1. The molecule has 2 aromatic carbocycles. The number of aryl methyl sites for hydroxylation is 2. The molecule has 0 unspecified atom stereocenters. The summed E-state index contributed by atoms with van der Waals surface area (Å²) in [4.78, 5) is 0. The molecule has 0 aromatic heterocycles. The highest BCUT2D eigenvalue weighted by Crippen LogP contribution is 2.36. The molecule has 0 radical (unpaired) electrons. The first kappa shape index (κ1) is 28.1. The van der Waals surface area contributed by atoms with Gasteiger partial charge in [0.2, 0.25) is 0 Å². The third kappa shape index (κ3) is 7.52. The Kier molecular flexibility index (Phi) is 10.2. The Balaban J connectivity index is 1.60.